The van der Waals surface area contributed by atoms with Gasteiger partial charge in [0.1, 0.15) is 23.8 Å². The molecule has 0 fully saturated rings. The molecule has 2 N–H and O–H groups in total. The maximum Gasteiger partial charge on any atom is 0.412 e. The molecule has 35 heavy (non-hydrogen) atoms. The molecule has 0 radical (unpaired) electrons. The molecule has 0 aliphatic heterocycles. The van der Waals surface area contributed by atoms with Gasteiger partial charge in [0.25, 0.3) is 0 Å². The Hall–Kier alpha value is -3.62. The van der Waals surface area contributed by atoms with E-state index >= 15 is 0 Å². The van der Waals surface area contributed by atoms with Crippen LogP contribution < -0.4 is 15.4 Å². The number of nitrogens with one attached hydrogen (secondary N) is 2. The standard InChI is InChI=1S/C26H35N3O6/c1-17(2)14-26(6,29-24(32)35-25(3,4)5)16-34-21-9-8-18(12-20(21)15-30)19-10-11-27-22(13-19)28-23(31)33-7/h8-13,15,17H,14,16H2,1-7H3,(H,29,32)(H,27,28,31). The molecule has 2 aromatic rings. The number of ether oxygens (including phenoxy) is 3. The molecule has 1 atom stereocenters. The summed E-state index contributed by atoms with van der Waals surface area (Å²) >= 11 is 0. The first kappa shape index (κ1) is 27.6. The zero-order chi connectivity index (χ0) is 26.2. The fourth-order valence-electron chi connectivity index (χ4n) is 3.62. The molecule has 0 saturated heterocycles. The number of alkyl carbamates (subject to hydrolysis) is 1. The Kier molecular flexibility index (Phi) is 9.22. The van der Waals surface area contributed by atoms with Gasteiger partial charge in [-0.1, -0.05) is 19.9 Å². The summed E-state index contributed by atoms with van der Waals surface area (Å²) in [6.45, 7) is 11.6. The number of methoxy groups -OCH3 is 1. The minimum atomic E-state index is -0.713. The molecule has 0 saturated carbocycles. The Morgan fingerprint density at radius 2 is 1.74 bits per heavy atom. The zero-order valence-corrected chi connectivity index (χ0v) is 21.4. The molecule has 0 aliphatic rings. The third-order valence-electron chi connectivity index (χ3n) is 4.85. The van der Waals surface area contributed by atoms with Gasteiger partial charge >= 0.3 is 12.2 Å². The SMILES string of the molecule is COC(=O)Nc1cc(-c2ccc(OCC(C)(CC(C)C)NC(=O)OC(C)(C)C)c(C=O)c2)ccn1. The summed E-state index contributed by atoms with van der Waals surface area (Å²) in [6.07, 6.45) is 1.76. The highest BCUT2D eigenvalue weighted by atomic mass is 16.6. The summed E-state index contributed by atoms with van der Waals surface area (Å²) in [5.41, 5.74) is 0.507. The first-order valence-corrected chi connectivity index (χ1v) is 11.4. The van der Waals surface area contributed by atoms with Crippen LogP contribution in [-0.4, -0.2) is 48.3 Å². The molecule has 1 unspecified atom stereocenters. The van der Waals surface area contributed by atoms with Crippen molar-refractivity contribution in [1.29, 1.82) is 0 Å². The summed E-state index contributed by atoms with van der Waals surface area (Å²) in [5.74, 6) is 0.998. The van der Waals surface area contributed by atoms with Gasteiger partial charge in [-0.05, 0) is 75.4 Å². The lowest BCUT2D eigenvalue weighted by Gasteiger charge is -2.33. The third-order valence-corrected chi connectivity index (χ3v) is 4.85. The number of hydrogen-bond donors (Lipinski definition) is 2. The summed E-state index contributed by atoms with van der Waals surface area (Å²) in [5, 5.41) is 5.44. The predicted octanol–water partition coefficient (Wildman–Crippen LogP) is 5.45. The molecule has 9 heteroatoms. The number of benzene rings is 1. The largest absolute Gasteiger partial charge is 0.490 e. The predicted molar refractivity (Wildman–Crippen MR) is 134 cm³/mol. The van der Waals surface area contributed by atoms with Crippen LogP contribution in [0.25, 0.3) is 11.1 Å². The lowest BCUT2D eigenvalue weighted by atomic mass is 9.91. The lowest BCUT2D eigenvalue weighted by molar-refractivity contribution is 0.0407. The molecule has 190 valence electrons. The van der Waals surface area contributed by atoms with Gasteiger partial charge in [-0.25, -0.2) is 14.6 Å². The van der Waals surface area contributed by atoms with Crippen LogP contribution in [0.5, 0.6) is 5.75 Å². The monoisotopic (exact) mass is 485 g/mol. The molecule has 1 aromatic heterocycles. The number of amides is 2. The van der Waals surface area contributed by atoms with Crippen LogP contribution in [0.1, 0.15) is 58.3 Å². The van der Waals surface area contributed by atoms with Gasteiger partial charge in [-0.15, -0.1) is 0 Å². The lowest BCUT2D eigenvalue weighted by Crippen LogP contribution is -2.52. The van der Waals surface area contributed by atoms with Crippen LogP contribution >= 0.6 is 0 Å². The fourth-order valence-corrected chi connectivity index (χ4v) is 3.62. The van der Waals surface area contributed by atoms with Gasteiger partial charge in [-0.2, -0.15) is 0 Å². The van der Waals surface area contributed by atoms with Crippen LogP contribution in [0.2, 0.25) is 0 Å². The Bertz CT molecular complexity index is 1050. The molecule has 1 aromatic carbocycles. The number of anilines is 1. The van der Waals surface area contributed by atoms with Gasteiger partial charge in [0.05, 0.1) is 18.2 Å². The number of carbonyl (C=O) groups is 3. The topological polar surface area (TPSA) is 116 Å². The van der Waals surface area contributed by atoms with E-state index in [1.165, 1.54) is 7.11 Å². The third kappa shape index (κ3) is 8.92. The van der Waals surface area contributed by atoms with Crippen molar-refractivity contribution in [2.24, 2.45) is 5.92 Å². The quantitative estimate of drug-likeness (QED) is 0.454. The zero-order valence-electron chi connectivity index (χ0n) is 21.4. The minimum absolute atomic E-state index is 0.146. The van der Waals surface area contributed by atoms with Crippen molar-refractivity contribution < 1.29 is 28.6 Å². The van der Waals surface area contributed by atoms with Gasteiger partial charge in [-0.3, -0.25) is 10.1 Å². The number of rotatable bonds is 9. The van der Waals surface area contributed by atoms with E-state index in [9.17, 15) is 14.4 Å². The maximum atomic E-state index is 12.4. The molecular weight excluding hydrogens is 450 g/mol. The van der Waals surface area contributed by atoms with E-state index in [2.05, 4.69) is 34.2 Å². The average Bonchev–Trinajstić information content (AvgIpc) is 2.75. The highest BCUT2D eigenvalue weighted by Gasteiger charge is 2.31. The average molecular weight is 486 g/mol. The molecular formula is C26H35N3O6. The second-order valence-corrected chi connectivity index (χ2v) is 9.99. The second kappa shape index (κ2) is 11.7. The van der Waals surface area contributed by atoms with E-state index in [4.69, 9.17) is 9.47 Å². The molecule has 0 bridgehead atoms. The number of nitrogens with zero attached hydrogens (tertiary/aromatic N) is 1. The summed E-state index contributed by atoms with van der Waals surface area (Å²) in [7, 11) is 1.27. The molecule has 2 rings (SSSR count). The smallest absolute Gasteiger partial charge is 0.412 e. The van der Waals surface area contributed by atoms with Crippen LogP contribution in [0.3, 0.4) is 0 Å². The Labute approximate surface area is 206 Å². The molecule has 2 amide bonds. The van der Waals surface area contributed by atoms with E-state index in [-0.39, 0.29) is 12.5 Å². The van der Waals surface area contributed by atoms with Crippen molar-refractivity contribution in [3.05, 3.63) is 42.1 Å². The molecule has 9 nitrogen and oxygen atoms in total. The second-order valence-electron chi connectivity index (χ2n) is 9.99. The van der Waals surface area contributed by atoms with Crippen LogP contribution in [0, 0.1) is 5.92 Å². The van der Waals surface area contributed by atoms with E-state index in [0.29, 0.717) is 29.8 Å². The van der Waals surface area contributed by atoms with E-state index in [0.717, 1.165) is 11.1 Å². The number of hydrogen-bond acceptors (Lipinski definition) is 7. The van der Waals surface area contributed by atoms with Gasteiger partial charge in [0.15, 0.2) is 6.29 Å². The van der Waals surface area contributed by atoms with Crippen molar-refractivity contribution in [1.82, 2.24) is 10.3 Å². The Morgan fingerprint density at radius 3 is 2.34 bits per heavy atom. The van der Waals surface area contributed by atoms with E-state index in [1.807, 2.05) is 6.92 Å². The van der Waals surface area contributed by atoms with Crippen LogP contribution in [0.15, 0.2) is 36.5 Å². The first-order valence-electron chi connectivity index (χ1n) is 11.4. The summed E-state index contributed by atoms with van der Waals surface area (Å²) in [4.78, 5) is 39.8. The van der Waals surface area contributed by atoms with Gasteiger partial charge in [0, 0.05) is 6.20 Å². The van der Waals surface area contributed by atoms with Crippen LogP contribution in [0.4, 0.5) is 15.4 Å². The Morgan fingerprint density at radius 1 is 1.06 bits per heavy atom. The summed E-state index contributed by atoms with van der Waals surface area (Å²) < 4.78 is 16.0. The maximum absolute atomic E-state index is 12.4. The summed E-state index contributed by atoms with van der Waals surface area (Å²) in [6, 6.07) is 8.64. The number of pyridine rings is 1. The normalized spacial score (nSPS) is 12.9. The Balaban J connectivity index is 2.22. The highest BCUT2D eigenvalue weighted by molar-refractivity contribution is 5.86. The minimum Gasteiger partial charge on any atom is -0.490 e. The number of aromatic nitrogens is 1. The van der Waals surface area contributed by atoms with E-state index < -0.39 is 23.3 Å². The van der Waals surface area contributed by atoms with Gasteiger partial charge in [0.2, 0.25) is 0 Å². The molecule has 0 spiro atoms. The number of carbonyl (C=O) groups excluding carboxylic acids is 3. The molecule has 0 aliphatic carbocycles. The van der Waals surface area contributed by atoms with Crippen molar-refractivity contribution in [3.63, 3.8) is 0 Å². The fraction of sp³-hybridized carbons (Fsp3) is 0.462. The van der Waals surface area contributed by atoms with Crippen molar-refractivity contribution >= 4 is 24.3 Å². The first-order chi connectivity index (χ1) is 16.3. The van der Waals surface area contributed by atoms with Crippen molar-refractivity contribution in [2.75, 3.05) is 19.0 Å². The van der Waals surface area contributed by atoms with Crippen LogP contribution in [-0.2, 0) is 9.47 Å². The number of aldehydes is 1. The van der Waals surface area contributed by atoms with Crippen molar-refractivity contribution in [3.8, 4) is 16.9 Å². The molecule has 1 heterocycles. The highest BCUT2D eigenvalue weighted by Crippen LogP contribution is 2.28. The van der Waals surface area contributed by atoms with Crippen molar-refractivity contribution in [2.45, 2.75) is 59.1 Å². The van der Waals surface area contributed by atoms with Gasteiger partial charge < -0.3 is 19.5 Å². The van der Waals surface area contributed by atoms with E-state index in [1.54, 1.807) is 57.3 Å².